The number of rotatable bonds is 6. The lowest BCUT2D eigenvalue weighted by Gasteiger charge is -2.34. The van der Waals surface area contributed by atoms with Crippen LogP contribution in [0.2, 0.25) is 0 Å². The summed E-state index contributed by atoms with van der Waals surface area (Å²) in [6.07, 6.45) is 3.02. The fourth-order valence-electron chi connectivity index (χ4n) is 3.09. The molecule has 0 aromatic carbocycles. The van der Waals surface area contributed by atoms with Crippen LogP contribution in [0.5, 0.6) is 0 Å². The monoisotopic (exact) mass is 522 g/mol. The second-order valence-electron chi connectivity index (χ2n) is 7.92. The van der Waals surface area contributed by atoms with Crippen molar-refractivity contribution >= 4 is 47.4 Å². The quantitative estimate of drug-likeness (QED) is 0.329. The average molecular weight is 522 g/mol. The number of halogens is 1. The second kappa shape index (κ2) is 12.5. The fraction of sp³-hybridized carbons (Fsp3) is 0.700. The third kappa shape index (κ3) is 9.45. The van der Waals surface area contributed by atoms with Gasteiger partial charge < -0.3 is 20.3 Å². The van der Waals surface area contributed by atoms with Gasteiger partial charge >= 0.3 is 6.09 Å². The summed E-state index contributed by atoms with van der Waals surface area (Å²) in [4.78, 5) is 20.0. The molecule has 1 aromatic rings. The van der Waals surface area contributed by atoms with Gasteiger partial charge in [0.05, 0.1) is 6.54 Å². The molecule has 1 aliphatic heterocycles. The third-order valence-electron chi connectivity index (χ3n) is 4.33. The Morgan fingerprint density at radius 3 is 2.82 bits per heavy atom. The van der Waals surface area contributed by atoms with Crippen LogP contribution in [0.3, 0.4) is 0 Å². The molecule has 1 unspecified atom stereocenters. The first-order chi connectivity index (χ1) is 12.9. The molecule has 1 atom stereocenters. The van der Waals surface area contributed by atoms with Crippen LogP contribution in [0.1, 0.15) is 51.8 Å². The van der Waals surface area contributed by atoms with Crippen LogP contribution in [0, 0.1) is 5.92 Å². The highest BCUT2D eigenvalue weighted by molar-refractivity contribution is 14.0. The number of carbonyl (C=O) groups is 1. The normalized spacial score (nSPS) is 17.6. The summed E-state index contributed by atoms with van der Waals surface area (Å²) < 4.78 is 5.51. The molecule has 2 N–H and O–H groups in total. The van der Waals surface area contributed by atoms with Gasteiger partial charge in [-0.05, 0) is 64.3 Å². The summed E-state index contributed by atoms with van der Waals surface area (Å²) in [5.41, 5.74) is -0.439. The molecule has 1 aromatic heterocycles. The summed E-state index contributed by atoms with van der Waals surface area (Å²) >= 11 is 1.72. The second-order valence-corrected chi connectivity index (χ2v) is 8.96. The van der Waals surface area contributed by atoms with Crippen LogP contribution < -0.4 is 10.6 Å². The van der Waals surface area contributed by atoms with E-state index < -0.39 is 5.60 Å². The first kappa shape index (κ1) is 25.0. The Bertz CT molecular complexity index is 602. The highest BCUT2D eigenvalue weighted by Gasteiger charge is 2.27. The number of carbonyl (C=O) groups excluding carboxylic acids is 1. The highest BCUT2D eigenvalue weighted by Crippen LogP contribution is 2.21. The van der Waals surface area contributed by atoms with Gasteiger partial charge in [-0.3, -0.25) is 0 Å². The van der Waals surface area contributed by atoms with Crippen LogP contribution in [0.4, 0.5) is 4.79 Å². The predicted molar refractivity (Wildman–Crippen MR) is 128 cm³/mol. The first-order valence-electron chi connectivity index (χ1n) is 9.90. The predicted octanol–water partition coefficient (Wildman–Crippen LogP) is 4.46. The minimum absolute atomic E-state index is 0. The van der Waals surface area contributed by atoms with E-state index in [2.05, 4.69) is 40.1 Å². The highest BCUT2D eigenvalue weighted by atomic mass is 127. The third-order valence-corrected chi connectivity index (χ3v) is 5.19. The Labute approximate surface area is 190 Å². The number of ether oxygens (including phenoxy) is 1. The van der Waals surface area contributed by atoms with Crippen LogP contribution in [0.15, 0.2) is 22.5 Å². The molecule has 1 fully saturated rings. The number of hydrogen-bond donors (Lipinski definition) is 2. The lowest BCUT2D eigenvalue weighted by Crippen LogP contribution is -2.44. The molecule has 8 heteroatoms. The standard InChI is InChI=1S/C20H34N4O2S.HI/c1-5-21-18(23-14-17-9-7-13-27-17)22-11-10-16-8-6-12-24(15-16)19(25)26-20(2,3)4;/h7,9,13,16H,5-6,8,10-12,14-15H2,1-4H3,(H2,21,22,23);1H. The largest absolute Gasteiger partial charge is 0.444 e. The SMILES string of the molecule is CCNC(=NCc1cccs1)NCCC1CCCN(C(=O)OC(C)(C)C)C1.I. The molecule has 1 saturated heterocycles. The molecule has 1 amide bonds. The molecule has 6 nitrogen and oxygen atoms in total. The number of amides is 1. The van der Waals surface area contributed by atoms with Crippen LogP contribution in [-0.4, -0.2) is 48.7 Å². The fourth-order valence-corrected chi connectivity index (χ4v) is 3.72. The number of nitrogens with zero attached hydrogens (tertiary/aromatic N) is 2. The van der Waals surface area contributed by atoms with E-state index in [4.69, 9.17) is 4.74 Å². The molecule has 160 valence electrons. The first-order valence-corrected chi connectivity index (χ1v) is 10.8. The molecular formula is C20H35IN4O2S. The van der Waals surface area contributed by atoms with E-state index in [9.17, 15) is 4.79 Å². The van der Waals surface area contributed by atoms with Crippen LogP contribution in [0.25, 0.3) is 0 Å². The lowest BCUT2D eigenvalue weighted by atomic mass is 9.95. The number of thiophene rings is 1. The molecule has 28 heavy (non-hydrogen) atoms. The van der Waals surface area contributed by atoms with Crippen molar-refractivity contribution in [2.45, 2.75) is 59.1 Å². The minimum atomic E-state index is -0.439. The number of aliphatic imine (C=N–C) groups is 1. The summed E-state index contributed by atoms with van der Waals surface area (Å²) in [5.74, 6) is 1.35. The van der Waals surface area contributed by atoms with Gasteiger partial charge in [-0.1, -0.05) is 6.07 Å². The summed E-state index contributed by atoms with van der Waals surface area (Å²) in [5, 5.41) is 8.79. The lowest BCUT2D eigenvalue weighted by molar-refractivity contribution is 0.0162. The van der Waals surface area contributed by atoms with E-state index in [1.807, 2.05) is 25.7 Å². The zero-order valence-electron chi connectivity index (χ0n) is 17.5. The van der Waals surface area contributed by atoms with Gasteiger partial charge in [0.25, 0.3) is 0 Å². The van der Waals surface area contributed by atoms with Crippen molar-refractivity contribution in [1.82, 2.24) is 15.5 Å². The Kier molecular flexibility index (Phi) is 11.2. The van der Waals surface area contributed by atoms with Gasteiger partial charge in [0, 0.05) is 31.1 Å². The van der Waals surface area contributed by atoms with Crippen LogP contribution >= 0.6 is 35.3 Å². The minimum Gasteiger partial charge on any atom is -0.444 e. The Morgan fingerprint density at radius 1 is 1.39 bits per heavy atom. The van der Waals surface area contributed by atoms with E-state index in [0.717, 1.165) is 51.4 Å². The van der Waals surface area contributed by atoms with Gasteiger partial charge in [0.2, 0.25) is 0 Å². The van der Waals surface area contributed by atoms with Crippen molar-refractivity contribution < 1.29 is 9.53 Å². The maximum atomic E-state index is 12.3. The molecule has 2 heterocycles. The van der Waals surface area contributed by atoms with E-state index in [1.54, 1.807) is 11.3 Å². The van der Waals surface area contributed by atoms with E-state index >= 15 is 0 Å². The molecule has 0 aliphatic carbocycles. The Morgan fingerprint density at radius 2 is 2.18 bits per heavy atom. The average Bonchev–Trinajstić information content (AvgIpc) is 3.12. The topological polar surface area (TPSA) is 66.0 Å². The maximum absolute atomic E-state index is 12.3. The maximum Gasteiger partial charge on any atom is 0.410 e. The molecule has 0 radical (unpaired) electrons. The molecule has 1 aliphatic rings. The molecule has 0 bridgehead atoms. The van der Waals surface area contributed by atoms with Gasteiger partial charge in [0.15, 0.2) is 5.96 Å². The molecular weight excluding hydrogens is 487 g/mol. The number of guanidine groups is 1. The molecule has 2 rings (SSSR count). The van der Waals surface area contributed by atoms with Gasteiger partial charge in [-0.2, -0.15) is 0 Å². The van der Waals surface area contributed by atoms with Crippen molar-refractivity contribution in [3.63, 3.8) is 0 Å². The van der Waals surface area contributed by atoms with Crippen molar-refractivity contribution in [3.8, 4) is 0 Å². The van der Waals surface area contributed by atoms with Crippen LogP contribution in [-0.2, 0) is 11.3 Å². The van der Waals surface area contributed by atoms with Crippen molar-refractivity contribution in [1.29, 1.82) is 0 Å². The number of hydrogen-bond acceptors (Lipinski definition) is 4. The zero-order chi connectivity index (χ0) is 19.7. The van der Waals surface area contributed by atoms with Gasteiger partial charge in [-0.25, -0.2) is 9.79 Å². The molecule has 0 saturated carbocycles. The van der Waals surface area contributed by atoms with Crippen molar-refractivity contribution in [2.24, 2.45) is 10.9 Å². The molecule has 0 spiro atoms. The Balaban J connectivity index is 0.00000392. The summed E-state index contributed by atoms with van der Waals surface area (Å²) in [6, 6.07) is 4.15. The number of piperidine rings is 1. The van der Waals surface area contributed by atoms with Gasteiger partial charge in [-0.15, -0.1) is 35.3 Å². The smallest absolute Gasteiger partial charge is 0.410 e. The van der Waals surface area contributed by atoms with Crippen molar-refractivity contribution in [3.05, 3.63) is 22.4 Å². The van der Waals surface area contributed by atoms with E-state index in [0.29, 0.717) is 12.5 Å². The van der Waals surface area contributed by atoms with E-state index in [1.165, 1.54) is 4.88 Å². The Hall–Kier alpha value is -1.03. The van der Waals surface area contributed by atoms with E-state index in [-0.39, 0.29) is 30.1 Å². The summed E-state index contributed by atoms with van der Waals surface area (Å²) in [6.45, 7) is 11.8. The number of nitrogens with one attached hydrogen (secondary N) is 2. The van der Waals surface area contributed by atoms with Crippen molar-refractivity contribution in [2.75, 3.05) is 26.2 Å². The van der Waals surface area contributed by atoms with Gasteiger partial charge in [0.1, 0.15) is 5.60 Å². The summed E-state index contributed by atoms with van der Waals surface area (Å²) in [7, 11) is 0. The zero-order valence-corrected chi connectivity index (χ0v) is 20.6. The number of likely N-dealkylation sites (tertiary alicyclic amines) is 1.